The van der Waals surface area contributed by atoms with E-state index in [2.05, 4.69) is 4.98 Å². The average Bonchev–Trinajstić information content (AvgIpc) is 2.82. The standard InChI is InChI=1S/C15H14F3NO2/c1-14(2,3)12(20)11-10(9-7-5-4-6-8-9)19-13(21-11)15(16,17)18/h4-8H,1-3H3. The fourth-order valence-electron chi connectivity index (χ4n) is 1.73. The van der Waals surface area contributed by atoms with E-state index in [1.54, 1.807) is 51.1 Å². The molecule has 0 fully saturated rings. The van der Waals surface area contributed by atoms with Crippen molar-refractivity contribution >= 4 is 5.78 Å². The highest BCUT2D eigenvalue weighted by molar-refractivity contribution is 6.02. The number of benzene rings is 1. The summed E-state index contributed by atoms with van der Waals surface area (Å²) in [5.41, 5.74) is -0.543. The lowest BCUT2D eigenvalue weighted by Gasteiger charge is -2.15. The third-order valence-electron chi connectivity index (χ3n) is 2.80. The molecule has 2 rings (SSSR count). The van der Waals surface area contributed by atoms with Crippen molar-refractivity contribution in [3.05, 3.63) is 42.0 Å². The highest BCUT2D eigenvalue weighted by atomic mass is 19.4. The minimum absolute atomic E-state index is 0.0807. The summed E-state index contributed by atoms with van der Waals surface area (Å²) in [6, 6.07) is 8.19. The van der Waals surface area contributed by atoms with Crippen LogP contribution in [0.5, 0.6) is 0 Å². The second-order valence-electron chi connectivity index (χ2n) is 5.64. The molecule has 0 saturated carbocycles. The zero-order valence-electron chi connectivity index (χ0n) is 11.8. The molecule has 0 radical (unpaired) electrons. The highest BCUT2D eigenvalue weighted by Gasteiger charge is 2.41. The molecule has 0 bridgehead atoms. The van der Waals surface area contributed by atoms with Crippen LogP contribution in [0.4, 0.5) is 13.2 Å². The number of ketones is 1. The molecule has 0 aliphatic rings. The van der Waals surface area contributed by atoms with E-state index in [0.29, 0.717) is 5.56 Å². The van der Waals surface area contributed by atoms with Gasteiger partial charge in [-0.15, -0.1) is 0 Å². The first-order valence-corrected chi connectivity index (χ1v) is 6.29. The number of oxazole rings is 1. The van der Waals surface area contributed by atoms with Gasteiger partial charge < -0.3 is 4.42 Å². The Bertz CT molecular complexity index is 652. The molecular weight excluding hydrogens is 283 g/mol. The van der Waals surface area contributed by atoms with Gasteiger partial charge in [-0.25, -0.2) is 4.98 Å². The molecule has 6 heteroatoms. The largest absolute Gasteiger partial charge is 0.468 e. The third-order valence-corrected chi connectivity index (χ3v) is 2.80. The van der Waals surface area contributed by atoms with Crippen LogP contribution in [0.15, 0.2) is 34.7 Å². The number of rotatable bonds is 2. The number of nitrogens with zero attached hydrogens (tertiary/aromatic N) is 1. The Morgan fingerprint density at radius 2 is 1.67 bits per heavy atom. The predicted octanol–water partition coefficient (Wildman–Crippen LogP) is 4.59. The summed E-state index contributed by atoms with van der Waals surface area (Å²) in [7, 11) is 0. The highest BCUT2D eigenvalue weighted by Crippen LogP contribution is 2.36. The number of alkyl halides is 3. The Morgan fingerprint density at radius 1 is 1.10 bits per heavy atom. The lowest BCUT2D eigenvalue weighted by Crippen LogP contribution is -2.20. The van der Waals surface area contributed by atoms with Crippen molar-refractivity contribution < 1.29 is 22.4 Å². The van der Waals surface area contributed by atoms with Crippen molar-refractivity contribution in [2.24, 2.45) is 5.41 Å². The monoisotopic (exact) mass is 297 g/mol. The van der Waals surface area contributed by atoms with Gasteiger partial charge in [0.05, 0.1) is 0 Å². The number of hydrogen-bond donors (Lipinski definition) is 0. The Labute approximate surface area is 119 Å². The molecule has 1 heterocycles. The molecule has 21 heavy (non-hydrogen) atoms. The molecule has 1 aromatic carbocycles. The molecule has 0 N–H and O–H groups in total. The third kappa shape index (κ3) is 3.15. The molecule has 0 saturated heterocycles. The quantitative estimate of drug-likeness (QED) is 0.761. The van der Waals surface area contributed by atoms with E-state index in [4.69, 9.17) is 4.42 Å². The SMILES string of the molecule is CC(C)(C)C(=O)c1oc(C(F)(F)F)nc1-c1ccccc1. The smallest absolute Gasteiger partial charge is 0.429 e. The summed E-state index contributed by atoms with van der Waals surface area (Å²) in [5, 5.41) is 0. The van der Waals surface area contributed by atoms with Crippen LogP contribution in [0.3, 0.4) is 0 Å². The van der Waals surface area contributed by atoms with E-state index in [1.165, 1.54) is 0 Å². The van der Waals surface area contributed by atoms with Crippen LogP contribution < -0.4 is 0 Å². The van der Waals surface area contributed by atoms with Crippen LogP contribution in [-0.2, 0) is 6.18 Å². The van der Waals surface area contributed by atoms with Crippen molar-refractivity contribution in [2.75, 3.05) is 0 Å². The fraction of sp³-hybridized carbons (Fsp3) is 0.333. The number of Topliss-reactive ketones (excluding diaryl/α,β-unsaturated/α-hetero) is 1. The van der Waals surface area contributed by atoms with E-state index in [1.807, 2.05) is 0 Å². The summed E-state index contributed by atoms with van der Waals surface area (Å²) < 4.78 is 43.1. The zero-order valence-corrected chi connectivity index (χ0v) is 11.8. The number of halogens is 3. The second kappa shape index (κ2) is 5.02. The molecule has 1 aromatic heterocycles. The Balaban J connectivity index is 2.63. The molecule has 0 atom stereocenters. The number of carbonyl (C=O) groups excluding carboxylic acids is 1. The Morgan fingerprint density at radius 3 is 2.14 bits per heavy atom. The van der Waals surface area contributed by atoms with Gasteiger partial charge in [0.25, 0.3) is 0 Å². The molecule has 0 amide bonds. The van der Waals surface area contributed by atoms with Gasteiger partial charge in [0, 0.05) is 11.0 Å². The first kappa shape index (κ1) is 15.3. The van der Waals surface area contributed by atoms with E-state index < -0.39 is 23.3 Å². The summed E-state index contributed by atoms with van der Waals surface area (Å²) in [6.45, 7) is 4.83. The van der Waals surface area contributed by atoms with Gasteiger partial charge in [-0.2, -0.15) is 13.2 Å². The fourth-order valence-corrected chi connectivity index (χ4v) is 1.73. The van der Waals surface area contributed by atoms with Crippen molar-refractivity contribution in [1.82, 2.24) is 4.98 Å². The molecule has 3 nitrogen and oxygen atoms in total. The number of carbonyl (C=O) groups is 1. The second-order valence-corrected chi connectivity index (χ2v) is 5.64. The number of aromatic nitrogens is 1. The first-order valence-electron chi connectivity index (χ1n) is 6.29. The van der Waals surface area contributed by atoms with Crippen LogP contribution in [-0.4, -0.2) is 10.8 Å². The summed E-state index contributed by atoms with van der Waals surface area (Å²) in [6.07, 6.45) is -4.74. The van der Waals surface area contributed by atoms with Crippen molar-refractivity contribution in [1.29, 1.82) is 0 Å². The van der Waals surface area contributed by atoms with Gasteiger partial charge in [-0.05, 0) is 0 Å². The Hall–Kier alpha value is -2.11. The van der Waals surface area contributed by atoms with Gasteiger partial charge in [0.1, 0.15) is 5.69 Å². The van der Waals surface area contributed by atoms with Crippen molar-refractivity contribution in [3.63, 3.8) is 0 Å². The molecule has 0 aliphatic carbocycles. The van der Waals surface area contributed by atoms with E-state index in [0.717, 1.165) is 0 Å². The summed E-state index contributed by atoms with van der Waals surface area (Å²) >= 11 is 0. The first-order chi connectivity index (χ1) is 9.60. The maximum atomic E-state index is 12.8. The Kier molecular flexibility index (Phi) is 3.65. The van der Waals surface area contributed by atoms with Gasteiger partial charge in [0.15, 0.2) is 5.76 Å². The van der Waals surface area contributed by atoms with Gasteiger partial charge in [0.2, 0.25) is 5.78 Å². The molecule has 0 spiro atoms. The minimum Gasteiger partial charge on any atom is -0.429 e. The lowest BCUT2D eigenvalue weighted by atomic mass is 9.88. The summed E-state index contributed by atoms with van der Waals surface area (Å²) in [5.74, 6) is -2.29. The molecule has 0 unspecified atom stereocenters. The van der Waals surface area contributed by atoms with Gasteiger partial charge >= 0.3 is 12.1 Å². The van der Waals surface area contributed by atoms with Crippen LogP contribution in [0.1, 0.15) is 37.2 Å². The minimum atomic E-state index is -4.74. The van der Waals surface area contributed by atoms with Crippen LogP contribution >= 0.6 is 0 Å². The van der Waals surface area contributed by atoms with Gasteiger partial charge in [-0.3, -0.25) is 4.79 Å². The van der Waals surface area contributed by atoms with Crippen LogP contribution in [0.2, 0.25) is 0 Å². The maximum absolute atomic E-state index is 12.8. The van der Waals surface area contributed by atoms with Crippen molar-refractivity contribution in [3.8, 4) is 11.3 Å². The summed E-state index contributed by atoms with van der Waals surface area (Å²) in [4.78, 5) is 15.8. The van der Waals surface area contributed by atoms with E-state index in [9.17, 15) is 18.0 Å². The topological polar surface area (TPSA) is 43.1 Å². The number of hydrogen-bond acceptors (Lipinski definition) is 3. The molecule has 0 aliphatic heterocycles. The maximum Gasteiger partial charge on any atom is 0.468 e. The van der Waals surface area contributed by atoms with Crippen LogP contribution in [0.25, 0.3) is 11.3 Å². The normalized spacial score (nSPS) is 12.5. The van der Waals surface area contributed by atoms with E-state index >= 15 is 0 Å². The van der Waals surface area contributed by atoms with E-state index in [-0.39, 0.29) is 11.5 Å². The molecule has 112 valence electrons. The molecular formula is C15H14F3NO2. The lowest BCUT2D eigenvalue weighted by molar-refractivity contribution is -0.157. The molecule has 2 aromatic rings. The predicted molar refractivity (Wildman–Crippen MR) is 70.7 cm³/mol. The zero-order chi connectivity index (χ0) is 15.8. The van der Waals surface area contributed by atoms with Crippen LogP contribution in [0, 0.1) is 5.41 Å². The van der Waals surface area contributed by atoms with Gasteiger partial charge in [-0.1, -0.05) is 51.1 Å². The van der Waals surface area contributed by atoms with Crippen molar-refractivity contribution in [2.45, 2.75) is 26.9 Å². The average molecular weight is 297 g/mol.